The van der Waals surface area contributed by atoms with E-state index in [-0.39, 0.29) is 0 Å². The summed E-state index contributed by atoms with van der Waals surface area (Å²) in [5, 5.41) is 14.0. The Labute approximate surface area is 122 Å². The molecule has 0 amide bonds. The number of piperidine rings is 1. The largest absolute Gasteiger partial charge is 0.396 e. The predicted octanol–water partition coefficient (Wildman–Crippen LogP) is 2.98. The minimum Gasteiger partial charge on any atom is -0.396 e. The van der Waals surface area contributed by atoms with Crippen molar-refractivity contribution in [3.05, 3.63) is 18.0 Å². The molecule has 1 saturated heterocycles. The smallest absolute Gasteiger partial charge is 0.0765 e. The average Bonchev–Trinajstić information content (AvgIpc) is 2.91. The summed E-state index contributed by atoms with van der Waals surface area (Å²) in [5.74, 6) is 0. The van der Waals surface area contributed by atoms with E-state index < -0.39 is 0 Å². The summed E-state index contributed by atoms with van der Waals surface area (Å²) < 4.78 is 2.13. The highest BCUT2D eigenvalue weighted by Crippen LogP contribution is 2.22. The lowest BCUT2D eigenvalue weighted by Crippen LogP contribution is -2.39. The second-order valence-electron chi connectivity index (χ2n) is 5.89. The van der Waals surface area contributed by atoms with E-state index in [1.807, 2.05) is 0 Å². The van der Waals surface area contributed by atoms with Crippen LogP contribution in [0.25, 0.3) is 0 Å². The van der Waals surface area contributed by atoms with Gasteiger partial charge in [-0.3, -0.25) is 9.58 Å². The van der Waals surface area contributed by atoms with Crippen LogP contribution >= 0.6 is 0 Å². The highest BCUT2D eigenvalue weighted by molar-refractivity contribution is 5.00. The summed E-state index contributed by atoms with van der Waals surface area (Å²) in [6, 6.07) is 3.22. The summed E-state index contributed by atoms with van der Waals surface area (Å²) in [4.78, 5) is 2.50. The van der Waals surface area contributed by atoms with Gasteiger partial charge in [0.1, 0.15) is 0 Å². The lowest BCUT2D eigenvalue weighted by molar-refractivity contribution is 0.111. The van der Waals surface area contributed by atoms with Crippen molar-refractivity contribution in [3.8, 4) is 0 Å². The van der Waals surface area contributed by atoms with Crippen LogP contribution in [0, 0.1) is 0 Å². The van der Waals surface area contributed by atoms with Crippen LogP contribution in [-0.4, -0.2) is 39.0 Å². The number of aliphatic hydroxyl groups excluding tert-OH is 1. The van der Waals surface area contributed by atoms with Crippen LogP contribution in [0.2, 0.25) is 0 Å². The van der Waals surface area contributed by atoms with E-state index in [1.165, 1.54) is 25.0 Å². The standard InChI is InChI=1S/C16H29N3O/c1-3-15(4-2)19-11-8-14(17-19)13-18-10-6-5-7-16(18)9-12-20/h8,11,15-16,20H,3-7,9-10,12-13H2,1-2H3. The molecule has 1 N–H and O–H groups in total. The first-order chi connectivity index (χ1) is 9.78. The van der Waals surface area contributed by atoms with Gasteiger partial charge in [0.15, 0.2) is 0 Å². The van der Waals surface area contributed by atoms with Crippen LogP contribution < -0.4 is 0 Å². The normalized spacial score (nSPS) is 20.7. The molecule has 2 rings (SSSR count). The summed E-state index contributed by atoms with van der Waals surface area (Å²) in [5.41, 5.74) is 1.17. The zero-order valence-electron chi connectivity index (χ0n) is 13.0. The van der Waals surface area contributed by atoms with E-state index >= 15 is 0 Å². The van der Waals surface area contributed by atoms with E-state index in [1.54, 1.807) is 0 Å². The molecule has 1 fully saturated rings. The zero-order chi connectivity index (χ0) is 14.4. The fraction of sp³-hybridized carbons (Fsp3) is 0.812. The Balaban J connectivity index is 1.97. The molecule has 0 saturated carbocycles. The Morgan fingerprint density at radius 2 is 2.15 bits per heavy atom. The second-order valence-corrected chi connectivity index (χ2v) is 5.89. The molecule has 0 bridgehead atoms. The Morgan fingerprint density at radius 3 is 2.85 bits per heavy atom. The van der Waals surface area contributed by atoms with Crippen molar-refractivity contribution in [2.45, 2.75) is 71.0 Å². The lowest BCUT2D eigenvalue weighted by atomic mass is 9.99. The summed E-state index contributed by atoms with van der Waals surface area (Å²) in [6.45, 7) is 6.80. The molecule has 4 heteroatoms. The van der Waals surface area contributed by atoms with Gasteiger partial charge < -0.3 is 5.11 Å². The van der Waals surface area contributed by atoms with Gasteiger partial charge in [0.25, 0.3) is 0 Å². The average molecular weight is 279 g/mol. The second kappa shape index (κ2) is 7.79. The molecule has 1 atom stereocenters. The van der Waals surface area contributed by atoms with Gasteiger partial charge in [-0.25, -0.2) is 0 Å². The molecule has 0 radical (unpaired) electrons. The summed E-state index contributed by atoms with van der Waals surface area (Å²) in [7, 11) is 0. The van der Waals surface area contributed by atoms with Gasteiger partial charge in [-0.05, 0) is 44.7 Å². The van der Waals surface area contributed by atoms with Crippen molar-refractivity contribution in [2.24, 2.45) is 0 Å². The van der Waals surface area contributed by atoms with Crippen LogP contribution in [0.4, 0.5) is 0 Å². The topological polar surface area (TPSA) is 41.3 Å². The monoisotopic (exact) mass is 279 g/mol. The fourth-order valence-corrected chi connectivity index (χ4v) is 3.28. The number of hydrogen-bond acceptors (Lipinski definition) is 3. The molecular formula is C16H29N3O. The molecule has 1 unspecified atom stereocenters. The molecule has 1 aromatic rings. The fourth-order valence-electron chi connectivity index (χ4n) is 3.28. The maximum Gasteiger partial charge on any atom is 0.0765 e. The minimum atomic E-state index is 0.295. The molecule has 2 heterocycles. The molecule has 20 heavy (non-hydrogen) atoms. The number of nitrogens with zero attached hydrogens (tertiary/aromatic N) is 3. The predicted molar refractivity (Wildman–Crippen MR) is 81.6 cm³/mol. The van der Waals surface area contributed by atoms with Crippen LogP contribution in [0.1, 0.15) is 64.1 Å². The Bertz CT molecular complexity index is 385. The van der Waals surface area contributed by atoms with E-state index in [9.17, 15) is 5.11 Å². The van der Waals surface area contributed by atoms with Crippen molar-refractivity contribution in [2.75, 3.05) is 13.2 Å². The van der Waals surface area contributed by atoms with E-state index in [0.717, 1.165) is 32.4 Å². The summed E-state index contributed by atoms with van der Waals surface area (Å²) in [6.07, 6.45) is 9.07. The molecule has 1 aliphatic heterocycles. The number of likely N-dealkylation sites (tertiary alicyclic amines) is 1. The van der Waals surface area contributed by atoms with E-state index in [4.69, 9.17) is 5.10 Å². The molecule has 114 valence electrons. The van der Waals surface area contributed by atoms with Gasteiger partial charge in [-0.15, -0.1) is 0 Å². The lowest BCUT2D eigenvalue weighted by Gasteiger charge is -2.35. The van der Waals surface area contributed by atoms with Crippen molar-refractivity contribution in [1.29, 1.82) is 0 Å². The Kier molecular flexibility index (Phi) is 6.05. The summed E-state index contributed by atoms with van der Waals surface area (Å²) >= 11 is 0. The molecule has 0 aromatic carbocycles. The minimum absolute atomic E-state index is 0.295. The van der Waals surface area contributed by atoms with Gasteiger partial charge in [0, 0.05) is 25.4 Å². The van der Waals surface area contributed by atoms with Gasteiger partial charge in [-0.2, -0.15) is 5.10 Å². The molecular weight excluding hydrogens is 250 g/mol. The first-order valence-corrected chi connectivity index (χ1v) is 8.17. The van der Waals surface area contributed by atoms with Crippen LogP contribution in [-0.2, 0) is 6.54 Å². The molecule has 1 aliphatic rings. The van der Waals surface area contributed by atoms with Crippen molar-refractivity contribution >= 4 is 0 Å². The van der Waals surface area contributed by atoms with Crippen molar-refractivity contribution in [3.63, 3.8) is 0 Å². The van der Waals surface area contributed by atoms with E-state index in [0.29, 0.717) is 18.7 Å². The highest BCUT2D eigenvalue weighted by atomic mass is 16.3. The third kappa shape index (κ3) is 3.83. The highest BCUT2D eigenvalue weighted by Gasteiger charge is 2.22. The third-order valence-electron chi connectivity index (χ3n) is 4.56. The Morgan fingerprint density at radius 1 is 1.35 bits per heavy atom. The van der Waals surface area contributed by atoms with Crippen molar-refractivity contribution in [1.82, 2.24) is 14.7 Å². The third-order valence-corrected chi connectivity index (χ3v) is 4.56. The molecule has 4 nitrogen and oxygen atoms in total. The van der Waals surface area contributed by atoms with Crippen molar-refractivity contribution < 1.29 is 5.11 Å². The first kappa shape index (κ1) is 15.5. The van der Waals surface area contributed by atoms with Crippen LogP contribution in [0.15, 0.2) is 12.3 Å². The molecule has 0 aliphatic carbocycles. The SMILES string of the molecule is CCC(CC)n1ccc(CN2CCCCC2CCO)n1. The number of aliphatic hydroxyl groups is 1. The maximum absolute atomic E-state index is 9.20. The number of rotatable bonds is 7. The van der Waals surface area contributed by atoms with Gasteiger partial charge in [-0.1, -0.05) is 20.3 Å². The maximum atomic E-state index is 9.20. The van der Waals surface area contributed by atoms with Crippen LogP contribution in [0.3, 0.4) is 0 Å². The van der Waals surface area contributed by atoms with Crippen LogP contribution in [0.5, 0.6) is 0 Å². The molecule has 1 aromatic heterocycles. The Hall–Kier alpha value is -0.870. The van der Waals surface area contributed by atoms with Gasteiger partial charge in [0.2, 0.25) is 0 Å². The number of aromatic nitrogens is 2. The molecule has 0 spiro atoms. The quantitative estimate of drug-likeness (QED) is 0.834. The first-order valence-electron chi connectivity index (χ1n) is 8.17. The zero-order valence-corrected chi connectivity index (χ0v) is 13.0. The van der Waals surface area contributed by atoms with E-state index in [2.05, 4.69) is 35.7 Å². The van der Waals surface area contributed by atoms with Gasteiger partial charge in [0.05, 0.1) is 11.7 Å². The number of hydrogen-bond donors (Lipinski definition) is 1. The van der Waals surface area contributed by atoms with Gasteiger partial charge >= 0.3 is 0 Å².